The van der Waals surface area contributed by atoms with Crippen LogP contribution < -0.4 is 5.32 Å². The largest absolute Gasteiger partial charge is 0.316 e. The van der Waals surface area contributed by atoms with Gasteiger partial charge < -0.3 is 5.32 Å². The second-order valence-corrected chi connectivity index (χ2v) is 3.92. The Balaban J connectivity index is 2.31. The average Bonchev–Trinajstić information content (AvgIpc) is 2.20. The zero-order chi connectivity index (χ0) is 11.1. The molecular formula is C13H20FN. The van der Waals surface area contributed by atoms with Gasteiger partial charge in [-0.1, -0.05) is 19.4 Å². The minimum Gasteiger partial charge on any atom is -0.316 e. The minimum atomic E-state index is -0.143. The highest BCUT2D eigenvalue weighted by Crippen LogP contribution is 2.10. The van der Waals surface area contributed by atoms with Gasteiger partial charge >= 0.3 is 0 Å². The second-order valence-electron chi connectivity index (χ2n) is 3.92. The van der Waals surface area contributed by atoms with Gasteiger partial charge in [0.25, 0.3) is 0 Å². The van der Waals surface area contributed by atoms with E-state index in [1.165, 1.54) is 24.5 Å². The van der Waals surface area contributed by atoms with Crippen LogP contribution in [0, 0.1) is 12.7 Å². The van der Waals surface area contributed by atoms with Gasteiger partial charge in [-0.3, -0.25) is 0 Å². The van der Waals surface area contributed by atoms with Crippen LogP contribution in [-0.2, 0) is 6.42 Å². The molecule has 0 spiro atoms. The Morgan fingerprint density at radius 1 is 1.27 bits per heavy atom. The number of nitrogens with one attached hydrogen (secondary N) is 1. The molecule has 1 aromatic rings. The van der Waals surface area contributed by atoms with E-state index in [0.29, 0.717) is 0 Å². The smallest absolute Gasteiger partial charge is 0.123 e. The summed E-state index contributed by atoms with van der Waals surface area (Å²) in [5.74, 6) is -0.143. The van der Waals surface area contributed by atoms with E-state index in [2.05, 4.69) is 12.2 Å². The van der Waals surface area contributed by atoms with Crippen molar-refractivity contribution >= 4 is 0 Å². The van der Waals surface area contributed by atoms with Gasteiger partial charge in [0.2, 0.25) is 0 Å². The topological polar surface area (TPSA) is 12.0 Å². The van der Waals surface area contributed by atoms with Gasteiger partial charge in [-0.05, 0) is 56.1 Å². The molecular weight excluding hydrogens is 189 g/mol. The van der Waals surface area contributed by atoms with Crippen molar-refractivity contribution in [1.82, 2.24) is 5.32 Å². The molecule has 15 heavy (non-hydrogen) atoms. The molecule has 0 radical (unpaired) electrons. The van der Waals surface area contributed by atoms with Crippen molar-refractivity contribution in [2.24, 2.45) is 0 Å². The van der Waals surface area contributed by atoms with Crippen LogP contribution in [0.2, 0.25) is 0 Å². The Labute approximate surface area is 91.7 Å². The molecule has 1 aromatic carbocycles. The van der Waals surface area contributed by atoms with Gasteiger partial charge in [0, 0.05) is 0 Å². The Hall–Kier alpha value is -0.890. The van der Waals surface area contributed by atoms with Crippen LogP contribution in [0.15, 0.2) is 18.2 Å². The third-order valence-corrected chi connectivity index (χ3v) is 2.58. The first-order chi connectivity index (χ1) is 7.24. The molecule has 0 aliphatic rings. The van der Waals surface area contributed by atoms with Crippen molar-refractivity contribution in [2.45, 2.75) is 33.1 Å². The van der Waals surface area contributed by atoms with Crippen molar-refractivity contribution < 1.29 is 4.39 Å². The molecule has 1 nitrogen and oxygen atoms in total. The summed E-state index contributed by atoms with van der Waals surface area (Å²) in [6, 6.07) is 5.02. The van der Waals surface area contributed by atoms with Crippen molar-refractivity contribution in [3.05, 3.63) is 35.1 Å². The van der Waals surface area contributed by atoms with E-state index in [-0.39, 0.29) is 5.82 Å². The number of hydrogen-bond acceptors (Lipinski definition) is 1. The lowest BCUT2D eigenvalue weighted by Gasteiger charge is -2.07. The Bertz CT molecular complexity index is 297. The van der Waals surface area contributed by atoms with Crippen molar-refractivity contribution in [1.29, 1.82) is 0 Å². The summed E-state index contributed by atoms with van der Waals surface area (Å²) < 4.78 is 12.8. The molecule has 0 aliphatic carbocycles. The molecule has 0 atom stereocenters. The zero-order valence-corrected chi connectivity index (χ0v) is 9.65. The fraction of sp³-hybridized carbons (Fsp3) is 0.538. The average molecular weight is 209 g/mol. The van der Waals surface area contributed by atoms with Crippen molar-refractivity contribution in [2.75, 3.05) is 13.1 Å². The van der Waals surface area contributed by atoms with E-state index in [0.717, 1.165) is 25.1 Å². The van der Waals surface area contributed by atoms with E-state index < -0.39 is 0 Å². The lowest BCUT2D eigenvalue weighted by molar-refractivity contribution is 0.621. The number of unbranched alkanes of at least 4 members (excludes halogenated alkanes) is 1. The highest BCUT2D eigenvalue weighted by Gasteiger charge is 1.99. The molecule has 0 amide bonds. The highest BCUT2D eigenvalue weighted by atomic mass is 19.1. The van der Waals surface area contributed by atoms with E-state index in [1.807, 2.05) is 13.0 Å². The van der Waals surface area contributed by atoms with E-state index in [4.69, 9.17) is 0 Å². The van der Waals surface area contributed by atoms with Crippen LogP contribution in [-0.4, -0.2) is 13.1 Å². The van der Waals surface area contributed by atoms with E-state index in [1.54, 1.807) is 6.07 Å². The number of hydrogen-bond donors (Lipinski definition) is 1. The monoisotopic (exact) mass is 209 g/mol. The molecule has 0 aliphatic heterocycles. The zero-order valence-electron chi connectivity index (χ0n) is 9.65. The van der Waals surface area contributed by atoms with Gasteiger partial charge in [-0.15, -0.1) is 0 Å². The Morgan fingerprint density at radius 3 is 2.73 bits per heavy atom. The highest BCUT2D eigenvalue weighted by molar-refractivity contribution is 5.26. The summed E-state index contributed by atoms with van der Waals surface area (Å²) in [5, 5.41) is 3.38. The van der Waals surface area contributed by atoms with Gasteiger partial charge in [-0.2, -0.15) is 0 Å². The van der Waals surface area contributed by atoms with Crippen LogP contribution in [0.25, 0.3) is 0 Å². The quantitative estimate of drug-likeness (QED) is 0.710. The second kappa shape index (κ2) is 6.57. The minimum absolute atomic E-state index is 0.143. The third-order valence-electron chi connectivity index (χ3n) is 2.58. The molecule has 84 valence electrons. The summed E-state index contributed by atoms with van der Waals surface area (Å²) >= 11 is 0. The maximum atomic E-state index is 12.8. The first-order valence-corrected chi connectivity index (χ1v) is 5.69. The van der Waals surface area contributed by atoms with Gasteiger partial charge in [0.1, 0.15) is 5.82 Å². The summed E-state index contributed by atoms with van der Waals surface area (Å²) in [6.45, 7) is 6.21. The van der Waals surface area contributed by atoms with Gasteiger partial charge in [0.05, 0.1) is 0 Å². The molecule has 0 fully saturated rings. The molecule has 0 aromatic heterocycles. The van der Waals surface area contributed by atoms with Gasteiger partial charge in [0.15, 0.2) is 0 Å². The van der Waals surface area contributed by atoms with Crippen molar-refractivity contribution in [3.8, 4) is 0 Å². The van der Waals surface area contributed by atoms with Crippen LogP contribution in [0.1, 0.15) is 30.9 Å². The molecule has 0 unspecified atom stereocenters. The first kappa shape index (κ1) is 12.2. The maximum absolute atomic E-state index is 12.8. The number of rotatable bonds is 6. The van der Waals surface area contributed by atoms with E-state index >= 15 is 0 Å². The van der Waals surface area contributed by atoms with E-state index in [9.17, 15) is 4.39 Å². The lowest BCUT2D eigenvalue weighted by atomic mass is 10.1. The number of halogens is 1. The SMILES string of the molecule is CCCCNCCc1ccc(F)cc1C. The number of aryl methyl sites for hydroxylation is 1. The third kappa shape index (κ3) is 4.43. The lowest BCUT2D eigenvalue weighted by Crippen LogP contribution is -2.18. The van der Waals surface area contributed by atoms with Crippen LogP contribution >= 0.6 is 0 Å². The molecule has 0 heterocycles. The van der Waals surface area contributed by atoms with Crippen LogP contribution in [0.4, 0.5) is 4.39 Å². The predicted molar refractivity (Wildman–Crippen MR) is 62.6 cm³/mol. The fourth-order valence-electron chi connectivity index (χ4n) is 1.59. The Morgan fingerprint density at radius 2 is 2.07 bits per heavy atom. The Kier molecular flexibility index (Phi) is 5.33. The van der Waals surface area contributed by atoms with Crippen LogP contribution in [0.3, 0.4) is 0 Å². The van der Waals surface area contributed by atoms with Crippen LogP contribution in [0.5, 0.6) is 0 Å². The standard InChI is InChI=1S/C13H20FN/c1-3-4-8-15-9-7-12-5-6-13(14)10-11(12)2/h5-6,10,15H,3-4,7-9H2,1-2H3. The fourth-order valence-corrected chi connectivity index (χ4v) is 1.59. The molecule has 1 N–H and O–H groups in total. The molecule has 2 heteroatoms. The summed E-state index contributed by atoms with van der Waals surface area (Å²) in [5.41, 5.74) is 2.28. The molecule has 1 rings (SSSR count). The molecule has 0 saturated heterocycles. The van der Waals surface area contributed by atoms with Crippen molar-refractivity contribution in [3.63, 3.8) is 0 Å². The summed E-state index contributed by atoms with van der Waals surface area (Å²) in [6.07, 6.45) is 3.43. The first-order valence-electron chi connectivity index (χ1n) is 5.69. The summed E-state index contributed by atoms with van der Waals surface area (Å²) in [4.78, 5) is 0. The maximum Gasteiger partial charge on any atom is 0.123 e. The van der Waals surface area contributed by atoms with Gasteiger partial charge in [-0.25, -0.2) is 4.39 Å². The summed E-state index contributed by atoms with van der Waals surface area (Å²) in [7, 11) is 0. The molecule has 0 saturated carbocycles. The predicted octanol–water partition coefficient (Wildman–Crippen LogP) is 3.07. The number of benzene rings is 1. The normalized spacial score (nSPS) is 10.6. The molecule has 0 bridgehead atoms.